The Balaban J connectivity index is 2.62. The molecule has 0 bridgehead atoms. The van der Waals surface area contributed by atoms with Gasteiger partial charge in [0.1, 0.15) is 0 Å². The molecule has 4 nitrogen and oxygen atoms in total. The SMILES string of the molecule is CCC(C)CC(C)Nc1ncc(Br)c(OC)n1. The van der Waals surface area contributed by atoms with Gasteiger partial charge in [0.2, 0.25) is 11.8 Å². The average Bonchev–Trinajstić information content (AvgIpc) is 2.31. The van der Waals surface area contributed by atoms with E-state index in [1.54, 1.807) is 13.3 Å². The minimum Gasteiger partial charge on any atom is -0.480 e. The number of anilines is 1. The van der Waals surface area contributed by atoms with Crippen LogP contribution in [0.5, 0.6) is 5.88 Å². The predicted molar refractivity (Wildman–Crippen MR) is 73.4 cm³/mol. The Kier molecular flexibility index (Phi) is 5.68. The van der Waals surface area contributed by atoms with Crippen LogP contribution in [-0.2, 0) is 0 Å². The zero-order chi connectivity index (χ0) is 12.8. The van der Waals surface area contributed by atoms with Crippen molar-refractivity contribution < 1.29 is 4.74 Å². The van der Waals surface area contributed by atoms with Crippen molar-refractivity contribution in [3.8, 4) is 5.88 Å². The van der Waals surface area contributed by atoms with Gasteiger partial charge < -0.3 is 10.1 Å². The quantitative estimate of drug-likeness (QED) is 0.874. The Labute approximate surface area is 111 Å². The predicted octanol–water partition coefficient (Wildman–Crippen LogP) is 3.48. The first-order valence-corrected chi connectivity index (χ1v) is 6.69. The molecule has 0 aromatic carbocycles. The fourth-order valence-corrected chi connectivity index (χ4v) is 1.97. The minimum absolute atomic E-state index is 0.357. The molecule has 17 heavy (non-hydrogen) atoms. The topological polar surface area (TPSA) is 47.0 Å². The normalized spacial score (nSPS) is 14.2. The summed E-state index contributed by atoms with van der Waals surface area (Å²) >= 11 is 3.33. The number of halogens is 1. The molecule has 1 rings (SSSR count). The van der Waals surface area contributed by atoms with Crippen LogP contribution in [0.15, 0.2) is 10.7 Å². The molecule has 0 saturated carbocycles. The van der Waals surface area contributed by atoms with Crippen LogP contribution >= 0.6 is 15.9 Å². The molecule has 1 aromatic rings. The van der Waals surface area contributed by atoms with E-state index < -0.39 is 0 Å². The smallest absolute Gasteiger partial charge is 0.232 e. The van der Waals surface area contributed by atoms with Crippen LogP contribution in [0.25, 0.3) is 0 Å². The van der Waals surface area contributed by atoms with Crippen LogP contribution in [0, 0.1) is 5.92 Å². The molecule has 0 amide bonds. The highest BCUT2D eigenvalue weighted by Crippen LogP contribution is 2.22. The zero-order valence-corrected chi connectivity index (χ0v) is 12.4. The second kappa shape index (κ2) is 6.79. The lowest BCUT2D eigenvalue weighted by Gasteiger charge is -2.17. The Bertz CT molecular complexity index is 360. The van der Waals surface area contributed by atoms with E-state index in [9.17, 15) is 0 Å². The number of nitrogens with one attached hydrogen (secondary N) is 1. The molecule has 1 N–H and O–H groups in total. The first-order valence-electron chi connectivity index (χ1n) is 5.89. The van der Waals surface area contributed by atoms with Crippen molar-refractivity contribution in [2.45, 2.75) is 39.7 Å². The summed E-state index contributed by atoms with van der Waals surface area (Å²) < 4.78 is 5.90. The van der Waals surface area contributed by atoms with Crippen molar-refractivity contribution in [1.29, 1.82) is 0 Å². The van der Waals surface area contributed by atoms with Crippen molar-refractivity contribution in [2.75, 3.05) is 12.4 Å². The third kappa shape index (κ3) is 4.50. The summed E-state index contributed by atoms with van der Waals surface area (Å²) in [5.41, 5.74) is 0. The summed E-state index contributed by atoms with van der Waals surface area (Å²) in [7, 11) is 1.60. The van der Waals surface area contributed by atoms with Gasteiger partial charge >= 0.3 is 0 Å². The van der Waals surface area contributed by atoms with Gasteiger partial charge in [-0.3, -0.25) is 0 Å². The van der Waals surface area contributed by atoms with Gasteiger partial charge in [-0.15, -0.1) is 0 Å². The maximum atomic E-state index is 5.13. The molecule has 0 aliphatic heterocycles. The number of hydrogen-bond donors (Lipinski definition) is 1. The molecular formula is C12H20BrN3O. The number of nitrogens with zero attached hydrogens (tertiary/aromatic N) is 2. The Morgan fingerprint density at radius 1 is 1.47 bits per heavy atom. The molecule has 0 aliphatic carbocycles. The van der Waals surface area contributed by atoms with Crippen LogP contribution in [-0.4, -0.2) is 23.1 Å². The van der Waals surface area contributed by atoms with Crippen LogP contribution < -0.4 is 10.1 Å². The van der Waals surface area contributed by atoms with Gasteiger partial charge in [0, 0.05) is 6.04 Å². The number of aromatic nitrogens is 2. The van der Waals surface area contributed by atoms with Gasteiger partial charge in [0.25, 0.3) is 0 Å². The lowest BCUT2D eigenvalue weighted by Crippen LogP contribution is -2.19. The molecule has 1 aromatic heterocycles. The van der Waals surface area contributed by atoms with Crippen molar-refractivity contribution >= 4 is 21.9 Å². The molecule has 2 unspecified atom stereocenters. The van der Waals surface area contributed by atoms with E-state index in [-0.39, 0.29) is 0 Å². The van der Waals surface area contributed by atoms with E-state index in [2.05, 4.69) is 52.0 Å². The van der Waals surface area contributed by atoms with Crippen LogP contribution in [0.1, 0.15) is 33.6 Å². The first kappa shape index (κ1) is 14.2. The standard InChI is InChI=1S/C12H20BrN3O/c1-5-8(2)6-9(3)15-12-14-7-10(13)11(16-12)17-4/h7-9H,5-6H2,1-4H3,(H,14,15,16). The minimum atomic E-state index is 0.357. The van der Waals surface area contributed by atoms with Gasteiger partial charge in [-0.2, -0.15) is 4.98 Å². The Morgan fingerprint density at radius 3 is 2.76 bits per heavy atom. The van der Waals surface area contributed by atoms with Gasteiger partial charge in [-0.05, 0) is 35.2 Å². The van der Waals surface area contributed by atoms with E-state index >= 15 is 0 Å². The maximum absolute atomic E-state index is 5.13. The fourth-order valence-electron chi connectivity index (χ4n) is 1.61. The number of methoxy groups -OCH3 is 1. The lowest BCUT2D eigenvalue weighted by atomic mass is 10.0. The summed E-state index contributed by atoms with van der Waals surface area (Å²) in [6.45, 7) is 6.60. The highest BCUT2D eigenvalue weighted by Gasteiger charge is 2.10. The zero-order valence-electron chi connectivity index (χ0n) is 10.8. The molecule has 5 heteroatoms. The molecule has 0 spiro atoms. The molecule has 0 fully saturated rings. The molecule has 2 atom stereocenters. The second-order valence-electron chi connectivity index (χ2n) is 4.35. The van der Waals surface area contributed by atoms with Crippen molar-refractivity contribution in [2.24, 2.45) is 5.92 Å². The Hall–Kier alpha value is -0.840. The fraction of sp³-hybridized carbons (Fsp3) is 0.667. The van der Waals surface area contributed by atoms with Gasteiger partial charge in [-0.1, -0.05) is 20.3 Å². The van der Waals surface area contributed by atoms with E-state index in [1.807, 2.05) is 0 Å². The number of rotatable bonds is 6. The molecule has 0 radical (unpaired) electrons. The highest BCUT2D eigenvalue weighted by molar-refractivity contribution is 9.10. The summed E-state index contributed by atoms with van der Waals surface area (Å²) in [6.07, 6.45) is 4.00. The van der Waals surface area contributed by atoms with Crippen molar-refractivity contribution in [3.05, 3.63) is 10.7 Å². The summed E-state index contributed by atoms with van der Waals surface area (Å²) in [5.74, 6) is 1.87. The van der Waals surface area contributed by atoms with Gasteiger partial charge in [-0.25, -0.2) is 4.98 Å². The van der Waals surface area contributed by atoms with Crippen LogP contribution in [0.4, 0.5) is 5.95 Å². The third-order valence-electron chi connectivity index (χ3n) is 2.73. The largest absolute Gasteiger partial charge is 0.480 e. The maximum Gasteiger partial charge on any atom is 0.232 e. The first-order chi connectivity index (χ1) is 8.06. The number of ether oxygens (including phenoxy) is 1. The van der Waals surface area contributed by atoms with Crippen molar-refractivity contribution in [3.63, 3.8) is 0 Å². The molecule has 0 saturated heterocycles. The summed E-state index contributed by atoms with van der Waals surface area (Å²) in [4.78, 5) is 8.48. The van der Waals surface area contributed by atoms with E-state index in [0.717, 1.165) is 10.9 Å². The van der Waals surface area contributed by atoms with Crippen LogP contribution in [0.2, 0.25) is 0 Å². The van der Waals surface area contributed by atoms with Crippen molar-refractivity contribution in [1.82, 2.24) is 9.97 Å². The lowest BCUT2D eigenvalue weighted by molar-refractivity contribution is 0.394. The van der Waals surface area contributed by atoms with Crippen LogP contribution in [0.3, 0.4) is 0 Å². The molecular weight excluding hydrogens is 282 g/mol. The average molecular weight is 302 g/mol. The molecule has 1 heterocycles. The monoisotopic (exact) mass is 301 g/mol. The number of hydrogen-bond acceptors (Lipinski definition) is 4. The van der Waals surface area contributed by atoms with Gasteiger partial charge in [0.15, 0.2) is 0 Å². The van der Waals surface area contributed by atoms with Gasteiger partial charge in [0.05, 0.1) is 17.8 Å². The summed E-state index contributed by atoms with van der Waals surface area (Å²) in [6, 6.07) is 0.357. The van der Waals surface area contributed by atoms with E-state index in [4.69, 9.17) is 4.74 Å². The van der Waals surface area contributed by atoms with E-state index in [1.165, 1.54) is 6.42 Å². The second-order valence-corrected chi connectivity index (χ2v) is 5.20. The third-order valence-corrected chi connectivity index (χ3v) is 3.28. The molecule has 96 valence electrons. The van der Waals surface area contributed by atoms with E-state index in [0.29, 0.717) is 23.8 Å². The Morgan fingerprint density at radius 2 is 2.18 bits per heavy atom. The summed E-state index contributed by atoms with van der Waals surface area (Å²) in [5, 5.41) is 3.29. The highest BCUT2D eigenvalue weighted by atomic mass is 79.9. The molecule has 0 aliphatic rings.